The molecule has 0 aliphatic rings. The first-order chi connectivity index (χ1) is 13.5. The number of nitro benzene ring substituents is 1. The molecule has 7 heteroatoms. The molecule has 3 aromatic rings. The van der Waals surface area contributed by atoms with Gasteiger partial charge in [0.05, 0.1) is 16.3 Å². The average molecular weight is 374 g/mol. The highest BCUT2D eigenvalue weighted by atomic mass is 16.6. The van der Waals surface area contributed by atoms with Gasteiger partial charge in [-0.15, -0.1) is 0 Å². The first kappa shape index (κ1) is 18.8. The summed E-state index contributed by atoms with van der Waals surface area (Å²) in [5.74, 6) is 0.459. The lowest BCUT2D eigenvalue weighted by Crippen LogP contribution is -2.38. The number of nitro groups is 1. The molecule has 0 bridgehead atoms. The van der Waals surface area contributed by atoms with Crippen LogP contribution >= 0.6 is 0 Å². The number of amides is 2. The standard InChI is InChI=1S/C21H18N4O3/c1-16(22-17-9-4-2-5-10-17)24(19-12-6-3-7-13-19)21(26)23-18-11-8-14-20(15-18)25(27)28/h2-15H,1H3,(H,23,26). The quantitative estimate of drug-likeness (QED) is 0.288. The summed E-state index contributed by atoms with van der Waals surface area (Å²) < 4.78 is 0. The second-order valence-corrected chi connectivity index (χ2v) is 5.90. The van der Waals surface area contributed by atoms with Gasteiger partial charge in [0.15, 0.2) is 0 Å². The molecule has 0 aliphatic carbocycles. The zero-order valence-electron chi connectivity index (χ0n) is 15.1. The topological polar surface area (TPSA) is 87.8 Å². The van der Waals surface area contributed by atoms with Gasteiger partial charge in [-0.3, -0.25) is 15.0 Å². The van der Waals surface area contributed by atoms with Crippen LogP contribution in [0.15, 0.2) is 89.9 Å². The van der Waals surface area contributed by atoms with E-state index in [1.165, 1.54) is 23.1 Å². The molecule has 3 aromatic carbocycles. The number of benzene rings is 3. The Labute approximate surface area is 162 Å². The predicted molar refractivity (Wildman–Crippen MR) is 110 cm³/mol. The molecule has 0 saturated heterocycles. The summed E-state index contributed by atoms with van der Waals surface area (Å²) in [7, 11) is 0. The highest BCUT2D eigenvalue weighted by Crippen LogP contribution is 2.21. The number of nitrogens with one attached hydrogen (secondary N) is 1. The number of hydrogen-bond acceptors (Lipinski definition) is 4. The van der Waals surface area contributed by atoms with Crippen LogP contribution in [0.2, 0.25) is 0 Å². The number of non-ortho nitro benzene ring substituents is 1. The summed E-state index contributed by atoms with van der Waals surface area (Å²) >= 11 is 0. The number of urea groups is 1. The van der Waals surface area contributed by atoms with Crippen LogP contribution in [0.4, 0.5) is 27.5 Å². The van der Waals surface area contributed by atoms with Crippen LogP contribution < -0.4 is 10.2 Å². The molecular formula is C21H18N4O3. The van der Waals surface area contributed by atoms with E-state index in [1.807, 2.05) is 48.5 Å². The molecule has 0 fully saturated rings. The molecule has 0 unspecified atom stereocenters. The lowest BCUT2D eigenvalue weighted by molar-refractivity contribution is -0.384. The molecule has 0 aromatic heterocycles. The van der Waals surface area contributed by atoms with E-state index in [1.54, 1.807) is 25.1 Å². The molecule has 3 rings (SSSR count). The van der Waals surface area contributed by atoms with Crippen molar-refractivity contribution in [2.75, 3.05) is 10.2 Å². The normalized spacial score (nSPS) is 11.0. The molecule has 0 aliphatic heterocycles. The van der Waals surface area contributed by atoms with E-state index in [2.05, 4.69) is 10.3 Å². The number of nitrogens with zero attached hydrogens (tertiary/aromatic N) is 3. The van der Waals surface area contributed by atoms with E-state index in [0.717, 1.165) is 0 Å². The van der Waals surface area contributed by atoms with Gasteiger partial charge in [-0.2, -0.15) is 0 Å². The van der Waals surface area contributed by atoms with E-state index in [0.29, 0.717) is 22.9 Å². The minimum Gasteiger partial charge on any atom is -0.307 e. The summed E-state index contributed by atoms with van der Waals surface area (Å²) in [5.41, 5.74) is 1.57. The fourth-order valence-electron chi connectivity index (χ4n) is 2.64. The monoisotopic (exact) mass is 374 g/mol. The Balaban J connectivity index is 1.93. The zero-order chi connectivity index (χ0) is 19.9. The van der Waals surface area contributed by atoms with Crippen molar-refractivity contribution in [3.05, 3.63) is 95.0 Å². The van der Waals surface area contributed by atoms with Crippen molar-refractivity contribution in [1.29, 1.82) is 0 Å². The van der Waals surface area contributed by atoms with Crippen LogP contribution in [-0.4, -0.2) is 16.8 Å². The molecule has 0 radical (unpaired) electrons. The van der Waals surface area contributed by atoms with Crippen molar-refractivity contribution < 1.29 is 9.72 Å². The number of rotatable bonds is 4. The first-order valence-corrected chi connectivity index (χ1v) is 8.55. The second-order valence-electron chi connectivity index (χ2n) is 5.90. The maximum absolute atomic E-state index is 13.0. The second kappa shape index (κ2) is 8.59. The maximum atomic E-state index is 13.0. The van der Waals surface area contributed by atoms with Crippen LogP contribution in [0.1, 0.15) is 6.92 Å². The van der Waals surface area contributed by atoms with Crippen molar-refractivity contribution in [1.82, 2.24) is 0 Å². The third kappa shape index (κ3) is 4.59. The maximum Gasteiger partial charge on any atom is 0.331 e. The van der Waals surface area contributed by atoms with E-state index in [9.17, 15) is 14.9 Å². The fraction of sp³-hybridized carbons (Fsp3) is 0.0476. The molecule has 28 heavy (non-hydrogen) atoms. The van der Waals surface area contributed by atoms with Crippen LogP contribution in [0.25, 0.3) is 0 Å². The summed E-state index contributed by atoms with van der Waals surface area (Å²) in [4.78, 5) is 29.4. The van der Waals surface area contributed by atoms with Crippen LogP contribution in [0.5, 0.6) is 0 Å². The first-order valence-electron chi connectivity index (χ1n) is 8.55. The molecule has 0 atom stereocenters. The third-order valence-corrected chi connectivity index (χ3v) is 3.90. The van der Waals surface area contributed by atoms with Gasteiger partial charge in [0.1, 0.15) is 5.84 Å². The summed E-state index contributed by atoms with van der Waals surface area (Å²) in [5, 5.41) is 13.7. The Hall–Kier alpha value is -4.00. The Morgan fingerprint density at radius 2 is 1.61 bits per heavy atom. The fourth-order valence-corrected chi connectivity index (χ4v) is 2.64. The summed E-state index contributed by atoms with van der Waals surface area (Å²) in [6.07, 6.45) is 0. The lowest BCUT2D eigenvalue weighted by atomic mass is 10.2. The number of para-hydroxylation sites is 2. The van der Waals surface area contributed by atoms with Crippen LogP contribution in [0.3, 0.4) is 0 Å². The Morgan fingerprint density at radius 3 is 2.25 bits per heavy atom. The van der Waals surface area contributed by atoms with Crippen LogP contribution in [-0.2, 0) is 0 Å². The molecular weight excluding hydrogens is 356 g/mol. The Bertz CT molecular complexity index is 1000. The molecule has 7 nitrogen and oxygen atoms in total. The average Bonchev–Trinajstić information content (AvgIpc) is 2.70. The van der Waals surface area contributed by atoms with Crippen molar-refractivity contribution >= 4 is 34.6 Å². The predicted octanol–water partition coefficient (Wildman–Crippen LogP) is 5.38. The van der Waals surface area contributed by atoms with Crippen molar-refractivity contribution in [3.63, 3.8) is 0 Å². The Morgan fingerprint density at radius 1 is 0.964 bits per heavy atom. The molecule has 0 spiro atoms. The van der Waals surface area contributed by atoms with Crippen LogP contribution in [0, 0.1) is 10.1 Å². The van der Waals surface area contributed by atoms with E-state index < -0.39 is 11.0 Å². The van der Waals surface area contributed by atoms with Gasteiger partial charge in [0.2, 0.25) is 0 Å². The van der Waals surface area contributed by atoms with E-state index in [4.69, 9.17) is 0 Å². The molecule has 140 valence electrons. The van der Waals surface area contributed by atoms with Crippen molar-refractivity contribution in [2.24, 2.45) is 4.99 Å². The Kier molecular flexibility index (Phi) is 5.76. The summed E-state index contributed by atoms with van der Waals surface area (Å²) in [6.45, 7) is 1.73. The van der Waals surface area contributed by atoms with Crippen molar-refractivity contribution in [2.45, 2.75) is 6.92 Å². The van der Waals surface area contributed by atoms with E-state index in [-0.39, 0.29) is 5.69 Å². The van der Waals surface area contributed by atoms with E-state index >= 15 is 0 Å². The molecule has 0 saturated carbocycles. The van der Waals surface area contributed by atoms with Gasteiger partial charge in [-0.05, 0) is 37.3 Å². The van der Waals surface area contributed by atoms with Gasteiger partial charge in [-0.1, -0.05) is 42.5 Å². The minimum atomic E-state index is -0.507. The van der Waals surface area contributed by atoms with Gasteiger partial charge >= 0.3 is 6.03 Å². The molecule has 2 amide bonds. The number of carbonyl (C=O) groups excluding carboxylic acids is 1. The summed E-state index contributed by atoms with van der Waals surface area (Å²) in [6, 6.07) is 23.7. The number of carbonyl (C=O) groups is 1. The largest absolute Gasteiger partial charge is 0.331 e. The minimum absolute atomic E-state index is 0.0984. The van der Waals surface area contributed by atoms with Gasteiger partial charge < -0.3 is 5.32 Å². The number of aliphatic imine (C=N–C) groups is 1. The van der Waals surface area contributed by atoms with Gasteiger partial charge in [0.25, 0.3) is 5.69 Å². The number of hydrogen-bond donors (Lipinski definition) is 1. The number of anilines is 2. The lowest BCUT2D eigenvalue weighted by Gasteiger charge is -2.23. The SMILES string of the molecule is CC(=Nc1ccccc1)N(C(=O)Nc1cccc([N+](=O)[O-])c1)c1ccccc1. The highest BCUT2D eigenvalue weighted by molar-refractivity contribution is 6.20. The third-order valence-electron chi connectivity index (χ3n) is 3.90. The zero-order valence-corrected chi connectivity index (χ0v) is 15.1. The number of amidine groups is 1. The smallest absolute Gasteiger partial charge is 0.307 e. The highest BCUT2D eigenvalue weighted by Gasteiger charge is 2.20. The van der Waals surface area contributed by atoms with Gasteiger partial charge in [0, 0.05) is 17.8 Å². The van der Waals surface area contributed by atoms with Gasteiger partial charge in [-0.25, -0.2) is 9.79 Å². The molecule has 0 heterocycles. The van der Waals surface area contributed by atoms with Crippen molar-refractivity contribution in [3.8, 4) is 0 Å². The molecule has 1 N–H and O–H groups in total.